The van der Waals surface area contributed by atoms with E-state index in [4.69, 9.17) is 17.3 Å². The molecule has 102 valence electrons. The molecule has 0 aliphatic heterocycles. The van der Waals surface area contributed by atoms with Gasteiger partial charge in [0.05, 0.1) is 17.6 Å². The van der Waals surface area contributed by atoms with E-state index >= 15 is 0 Å². The average molecular weight is 281 g/mol. The largest absolute Gasteiger partial charge is 0.394 e. The molecule has 0 amide bonds. The standard InChI is InChI=1S/C12H17ClN6/c1-7-9(6-16-19-7)4-3-5-15-11-10(14)8(2)17-12(13)18-11/h6H,3-5,14H2,1-2H3,(H,16,19)(H,15,17,18). The number of nitrogens with zero attached hydrogens (tertiary/aromatic N) is 3. The van der Waals surface area contributed by atoms with Gasteiger partial charge >= 0.3 is 0 Å². The minimum atomic E-state index is 0.208. The summed E-state index contributed by atoms with van der Waals surface area (Å²) in [6.45, 7) is 4.59. The van der Waals surface area contributed by atoms with Gasteiger partial charge in [-0.05, 0) is 43.9 Å². The first-order chi connectivity index (χ1) is 9.08. The number of nitrogens with one attached hydrogen (secondary N) is 2. The molecular formula is C12H17ClN6. The molecule has 6 nitrogen and oxygen atoms in total. The molecule has 0 bridgehead atoms. The van der Waals surface area contributed by atoms with Crippen LogP contribution in [0.3, 0.4) is 0 Å². The summed E-state index contributed by atoms with van der Waals surface area (Å²) in [7, 11) is 0. The Bertz CT molecular complexity index is 565. The number of hydrogen-bond donors (Lipinski definition) is 3. The molecule has 2 aromatic rings. The molecule has 0 unspecified atom stereocenters. The molecule has 0 radical (unpaired) electrons. The number of aromatic amines is 1. The first-order valence-electron chi connectivity index (χ1n) is 6.10. The highest BCUT2D eigenvalue weighted by molar-refractivity contribution is 6.28. The lowest BCUT2D eigenvalue weighted by atomic mass is 10.1. The van der Waals surface area contributed by atoms with Crippen molar-refractivity contribution in [2.24, 2.45) is 0 Å². The Hall–Kier alpha value is -1.82. The van der Waals surface area contributed by atoms with Gasteiger partial charge in [0.25, 0.3) is 0 Å². The fraction of sp³-hybridized carbons (Fsp3) is 0.417. The van der Waals surface area contributed by atoms with Gasteiger partial charge in [0.2, 0.25) is 5.28 Å². The van der Waals surface area contributed by atoms with Crippen molar-refractivity contribution in [2.45, 2.75) is 26.7 Å². The first-order valence-corrected chi connectivity index (χ1v) is 6.48. The lowest BCUT2D eigenvalue weighted by Crippen LogP contribution is -2.09. The Kier molecular flexibility index (Phi) is 4.21. The first kappa shape index (κ1) is 13.6. The van der Waals surface area contributed by atoms with Gasteiger partial charge in [-0.2, -0.15) is 10.1 Å². The number of nitrogen functional groups attached to an aromatic ring is 1. The van der Waals surface area contributed by atoms with Gasteiger partial charge in [0.1, 0.15) is 0 Å². The minimum Gasteiger partial charge on any atom is -0.394 e. The summed E-state index contributed by atoms with van der Waals surface area (Å²) in [5.41, 5.74) is 9.46. The van der Waals surface area contributed by atoms with E-state index in [9.17, 15) is 0 Å². The molecule has 2 aromatic heterocycles. The van der Waals surface area contributed by atoms with Gasteiger partial charge in [-0.1, -0.05) is 0 Å². The van der Waals surface area contributed by atoms with Crippen molar-refractivity contribution in [3.8, 4) is 0 Å². The third-order valence-electron chi connectivity index (χ3n) is 2.96. The van der Waals surface area contributed by atoms with Crippen LogP contribution in [-0.2, 0) is 6.42 Å². The molecule has 0 saturated carbocycles. The summed E-state index contributed by atoms with van der Waals surface area (Å²) in [5.74, 6) is 0.599. The third-order valence-corrected chi connectivity index (χ3v) is 3.13. The van der Waals surface area contributed by atoms with Crippen LogP contribution in [0.1, 0.15) is 23.4 Å². The van der Waals surface area contributed by atoms with Crippen molar-refractivity contribution in [2.75, 3.05) is 17.6 Å². The number of rotatable bonds is 5. The Morgan fingerprint density at radius 2 is 2.16 bits per heavy atom. The van der Waals surface area contributed by atoms with E-state index < -0.39 is 0 Å². The van der Waals surface area contributed by atoms with E-state index in [2.05, 4.69) is 25.5 Å². The predicted molar refractivity (Wildman–Crippen MR) is 76.3 cm³/mol. The molecule has 7 heteroatoms. The molecule has 0 fully saturated rings. The van der Waals surface area contributed by atoms with Crippen LogP contribution in [0, 0.1) is 13.8 Å². The Morgan fingerprint density at radius 1 is 1.37 bits per heavy atom. The smallest absolute Gasteiger partial charge is 0.224 e. The van der Waals surface area contributed by atoms with Gasteiger partial charge in [0, 0.05) is 12.2 Å². The zero-order chi connectivity index (χ0) is 13.8. The third kappa shape index (κ3) is 3.35. The molecule has 19 heavy (non-hydrogen) atoms. The number of hydrogen-bond acceptors (Lipinski definition) is 5. The topological polar surface area (TPSA) is 92.5 Å². The SMILES string of the molecule is Cc1nc(Cl)nc(NCCCc2cn[nH]c2C)c1N. The van der Waals surface area contributed by atoms with Crippen molar-refractivity contribution >= 4 is 23.1 Å². The second kappa shape index (κ2) is 5.88. The maximum atomic E-state index is 5.89. The summed E-state index contributed by atoms with van der Waals surface area (Å²) in [6, 6.07) is 0. The minimum absolute atomic E-state index is 0.208. The van der Waals surface area contributed by atoms with Crippen LogP contribution in [0.15, 0.2) is 6.20 Å². The van der Waals surface area contributed by atoms with Crippen LogP contribution in [0.4, 0.5) is 11.5 Å². The molecule has 2 rings (SSSR count). The number of halogens is 1. The van der Waals surface area contributed by atoms with Gasteiger partial charge in [-0.15, -0.1) is 0 Å². The number of aryl methyl sites for hydroxylation is 3. The van der Waals surface area contributed by atoms with Gasteiger partial charge in [0.15, 0.2) is 5.82 Å². The molecule has 0 aliphatic carbocycles. The predicted octanol–water partition coefficient (Wildman–Crippen LogP) is 2.10. The Balaban J connectivity index is 1.88. The van der Waals surface area contributed by atoms with Crippen molar-refractivity contribution in [1.82, 2.24) is 20.2 Å². The van der Waals surface area contributed by atoms with Crippen LogP contribution in [0.25, 0.3) is 0 Å². The summed E-state index contributed by atoms with van der Waals surface area (Å²) in [4.78, 5) is 8.08. The average Bonchev–Trinajstić information content (AvgIpc) is 2.76. The van der Waals surface area contributed by atoms with E-state index in [1.54, 1.807) is 0 Å². The number of anilines is 2. The van der Waals surface area contributed by atoms with E-state index in [0.717, 1.165) is 25.1 Å². The van der Waals surface area contributed by atoms with Crippen LogP contribution in [0.5, 0.6) is 0 Å². The normalized spacial score (nSPS) is 10.7. The molecular weight excluding hydrogens is 264 g/mol. The molecule has 0 aliphatic rings. The van der Waals surface area contributed by atoms with Gasteiger partial charge in [-0.3, -0.25) is 5.10 Å². The summed E-state index contributed by atoms with van der Waals surface area (Å²) < 4.78 is 0. The summed E-state index contributed by atoms with van der Waals surface area (Å²) in [6.07, 6.45) is 3.77. The van der Waals surface area contributed by atoms with Crippen LogP contribution in [0.2, 0.25) is 5.28 Å². The number of H-pyrrole nitrogens is 1. The van der Waals surface area contributed by atoms with Gasteiger partial charge < -0.3 is 11.1 Å². The van der Waals surface area contributed by atoms with E-state index in [-0.39, 0.29) is 5.28 Å². The van der Waals surface area contributed by atoms with Crippen LogP contribution >= 0.6 is 11.6 Å². The van der Waals surface area contributed by atoms with Crippen molar-refractivity contribution in [3.05, 3.63) is 28.4 Å². The highest BCUT2D eigenvalue weighted by Crippen LogP contribution is 2.20. The van der Waals surface area contributed by atoms with Crippen LogP contribution in [-0.4, -0.2) is 26.7 Å². The Labute approximate surface area is 116 Å². The van der Waals surface area contributed by atoms with E-state index in [0.29, 0.717) is 17.2 Å². The lowest BCUT2D eigenvalue weighted by molar-refractivity contribution is 0.852. The number of nitrogens with two attached hydrogens (primary N) is 1. The van der Waals surface area contributed by atoms with Crippen molar-refractivity contribution in [3.63, 3.8) is 0 Å². The molecule has 0 spiro atoms. The monoisotopic (exact) mass is 280 g/mol. The molecule has 2 heterocycles. The second-order valence-corrected chi connectivity index (χ2v) is 4.73. The van der Waals surface area contributed by atoms with Crippen LogP contribution < -0.4 is 11.1 Å². The fourth-order valence-electron chi connectivity index (χ4n) is 1.80. The fourth-order valence-corrected chi connectivity index (χ4v) is 2.01. The maximum Gasteiger partial charge on any atom is 0.224 e. The van der Waals surface area contributed by atoms with Crippen molar-refractivity contribution in [1.29, 1.82) is 0 Å². The molecule has 0 atom stereocenters. The zero-order valence-corrected chi connectivity index (χ0v) is 11.8. The van der Waals surface area contributed by atoms with E-state index in [1.807, 2.05) is 20.0 Å². The number of aromatic nitrogens is 4. The quantitative estimate of drug-likeness (QED) is 0.576. The highest BCUT2D eigenvalue weighted by atomic mass is 35.5. The van der Waals surface area contributed by atoms with E-state index in [1.165, 1.54) is 5.56 Å². The maximum absolute atomic E-state index is 5.89. The summed E-state index contributed by atoms with van der Waals surface area (Å²) in [5, 5.41) is 10.3. The molecule has 0 aromatic carbocycles. The Morgan fingerprint density at radius 3 is 2.84 bits per heavy atom. The summed E-state index contributed by atoms with van der Waals surface area (Å²) >= 11 is 5.81. The highest BCUT2D eigenvalue weighted by Gasteiger charge is 2.07. The van der Waals surface area contributed by atoms with Gasteiger partial charge in [-0.25, -0.2) is 4.98 Å². The van der Waals surface area contributed by atoms with Crippen molar-refractivity contribution < 1.29 is 0 Å². The lowest BCUT2D eigenvalue weighted by Gasteiger charge is -2.09. The molecule has 0 saturated heterocycles. The second-order valence-electron chi connectivity index (χ2n) is 4.39. The molecule has 4 N–H and O–H groups in total. The zero-order valence-electron chi connectivity index (χ0n) is 11.0.